The van der Waals surface area contributed by atoms with Crippen LogP contribution in [-0.4, -0.2) is 41.3 Å². The summed E-state index contributed by atoms with van der Waals surface area (Å²) in [7, 11) is 0. The van der Waals surface area contributed by atoms with Gasteiger partial charge in [-0.25, -0.2) is 0 Å². The fraction of sp³-hybridized carbons (Fsp3) is 0.778. The van der Waals surface area contributed by atoms with Crippen molar-refractivity contribution in [2.45, 2.75) is 82.7 Å². The largest absolute Gasteiger partial charge is 0.481 e. The van der Waals surface area contributed by atoms with Crippen molar-refractivity contribution in [3.8, 4) is 0 Å². The first-order valence-electron chi connectivity index (χ1n) is 8.63. The predicted octanol–water partition coefficient (Wildman–Crippen LogP) is 3.12. The van der Waals surface area contributed by atoms with Crippen molar-refractivity contribution in [1.29, 1.82) is 0 Å². The molecule has 0 unspecified atom stereocenters. The maximum atomic E-state index is 11.8. The lowest BCUT2D eigenvalue weighted by Gasteiger charge is -2.35. The molecule has 2 aliphatic rings. The number of carbonyl (C=O) groups is 2. The van der Waals surface area contributed by atoms with Crippen molar-refractivity contribution in [2.24, 2.45) is 5.92 Å². The lowest BCUT2D eigenvalue weighted by Crippen LogP contribution is -2.38. The molecule has 5 atom stereocenters. The molecular formula is C18H28O5. The summed E-state index contributed by atoms with van der Waals surface area (Å²) >= 11 is 0. The van der Waals surface area contributed by atoms with Crippen LogP contribution in [0.1, 0.15) is 58.3 Å². The Labute approximate surface area is 138 Å². The number of hydrogen-bond donors (Lipinski definition) is 1. The van der Waals surface area contributed by atoms with Crippen molar-refractivity contribution >= 4 is 11.8 Å². The van der Waals surface area contributed by atoms with Gasteiger partial charge in [-0.05, 0) is 31.6 Å². The van der Waals surface area contributed by atoms with Gasteiger partial charge in [0.05, 0.1) is 30.8 Å². The molecule has 0 aromatic carbocycles. The summed E-state index contributed by atoms with van der Waals surface area (Å²) in [5.41, 5.74) is 0. The van der Waals surface area contributed by atoms with E-state index in [0.29, 0.717) is 18.8 Å². The lowest BCUT2D eigenvalue weighted by molar-refractivity contribution is -0.151. The van der Waals surface area contributed by atoms with Crippen LogP contribution in [0.15, 0.2) is 12.7 Å². The third kappa shape index (κ3) is 6.07. The molecule has 0 spiro atoms. The molecule has 2 aliphatic heterocycles. The van der Waals surface area contributed by atoms with Crippen molar-refractivity contribution in [3.63, 3.8) is 0 Å². The molecular weight excluding hydrogens is 296 g/mol. The Morgan fingerprint density at radius 3 is 2.61 bits per heavy atom. The van der Waals surface area contributed by atoms with E-state index in [-0.39, 0.29) is 36.9 Å². The van der Waals surface area contributed by atoms with Crippen molar-refractivity contribution in [1.82, 2.24) is 0 Å². The van der Waals surface area contributed by atoms with Gasteiger partial charge in [0.15, 0.2) is 0 Å². The first kappa shape index (κ1) is 18.1. The number of aliphatic carboxylic acids is 1. The Morgan fingerprint density at radius 2 is 1.91 bits per heavy atom. The summed E-state index contributed by atoms with van der Waals surface area (Å²) in [4.78, 5) is 22.7. The molecule has 1 N–H and O–H groups in total. The van der Waals surface area contributed by atoms with Crippen LogP contribution in [0, 0.1) is 5.92 Å². The van der Waals surface area contributed by atoms with Crippen LogP contribution in [-0.2, 0) is 19.1 Å². The van der Waals surface area contributed by atoms with Gasteiger partial charge in [-0.3, -0.25) is 9.59 Å². The Kier molecular flexibility index (Phi) is 6.78. The van der Waals surface area contributed by atoms with Crippen molar-refractivity contribution in [2.75, 3.05) is 0 Å². The smallest absolute Gasteiger partial charge is 0.305 e. The Bertz CT molecular complexity index is 431. The zero-order chi connectivity index (χ0) is 16.8. The van der Waals surface area contributed by atoms with E-state index in [4.69, 9.17) is 14.6 Å². The summed E-state index contributed by atoms with van der Waals surface area (Å²) in [6.45, 7) is 5.96. The molecule has 2 saturated heterocycles. The highest BCUT2D eigenvalue weighted by Crippen LogP contribution is 2.30. The van der Waals surface area contributed by atoms with E-state index in [9.17, 15) is 9.59 Å². The first-order valence-corrected chi connectivity index (χ1v) is 8.63. The predicted molar refractivity (Wildman–Crippen MR) is 86.3 cm³/mol. The van der Waals surface area contributed by atoms with E-state index in [1.165, 1.54) is 0 Å². The van der Waals surface area contributed by atoms with Crippen molar-refractivity contribution in [3.05, 3.63) is 12.7 Å². The summed E-state index contributed by atoms with van der Waals surface area (Å²) in [5.74, 6) is -0.387. The summed E-state index contributed by atoms with van der Waals surface area (Å²) < 4.78 is 12.0. The van der Waals surface area contributed by atoms with E-state index >= 15 is 0 Å². The molecule has 2 fully saturated rings. The molecule has 0 saturated carbocycles. The highest BCUT2D eigenvalue weighted by Gasteiger charge is 2.33. The minimum Gasteiger partial charge on any atom is -0.481 e. The maximum absolute atomic E-state index is 11.8. The quantitative estimate of drug-likeness (QED) is 0.728. The molecule has 0 radical (unpaired) electrons. The minimum absolute atomic E-state index is 0.0974. The van der Waals surface area contributed by atoms with Gasteiger partial charge >= 0.3 is 5.97 Å². The molecule has 130 valence electrons. The standard InChI is InChI=1S/C18H28O5/c1-3-12(2)7-14-5-4-6-15(22-14)10-16-8-13(19)9-17(23-16)11-18(20)21/h3,12,14-17H,1,4-11H2,2H3,(H,20,21)/t12-,14+,15-,16+,17-/m1/s1. The van der Waals surface area contributed by atoms with E-state index in [0.717, 1.165) is 25.7 Å². The number of Topliss-reactive ketones (excluding diaryl/α,β-unsaturated/α-hetero) is 1. The van der Waals surface area contributed by atoms with Crippen LogP contribution in [0.5, 0.6) is 0 Å². The average Bonchev–Trinajstić information content (AvgIpc) is 2.46. The van der Waals surface area contributed by atoms with Gasteiger partial charge in [-0.15, -0.1) is 6.58 Å². The molecule has 2 rings (SSSR count). The Morgan fingerprint density at radius 1 is 1.26 bits per heavy atom. The molecule has 5 nitrogen and oxygen atoms in total. The number of ether oxygens (including phenoxy) is 2. The van der Waals surface area contributed by atoms with Gasteiger partial charge in [-0.1, -0.05) is 13.0 Å². The van der Waals surface area contributed by atoms with E-state index in [2.05, 4.69) is 13.5 Å². The van der Waals surface area contributed by atoms with Crippen LogP contribution in [0.25, 0.3) is 0 Å². The van der Waals surface area contributed by atoms with E-state index < -0.39 is 12.1 Å². The van der Waals surface area contributed by atoms with Crippen LogP contribution in [0.3, 0.4) is 0 Å². The highest BCUT2D eigenvalue weighted by molar-refractivity contribution is 5.81. The average molecular weight is 324 g/mol. The molecule has 23 heavy (non-hydrogen) atoms. The minimum atomic E-state index is -0.921. The number of carbonyl (C=O) groups excluding carboxylic acids is 1. The van der Waals surface area contributed by atoms with Crippen LogP contribution in [0.2, 0.25) is 0 Å². The number of carboxylic acids is 1. The van der Waals surface area contributed by atoms with E-state index in [1.54, 1.807) is 0 Å². The second kappa shape index (κ2) is 8.60. The van der Waals surface area contributed by atoms with Gasteiger partial charge in [0.2, 0.25) is 0 Å². The first-order chi connectivity index (χ1) is 11.0. The molecule has 2 heterocycles. The van der Waals surface area contributed by atoms with E-state index in [1.807, 2.05) is 6.08 Å². The molecule has 0 aromatic rings. The lowest BCUT2D eigenvalue weighted by atomic mass is 9.92. The monoisotopic (exact) mass is 324 g/mol. The zero-order valence-electron chi connectivity index (χ0n) is 13.9. The third-order valence-electron chi connectivity index (χ3n) is 4.70. The fourth-order valence-corrected chi connectivity index (χ4v) is 3.55. The Hall–Kier alpha value is -1.20. The molecule has 0 bridgehead atoms. The molecule has 0 aromatic heterocycles. The molecule has 0 aliphatic carbocycles. The maximum Gasteiger partial charge on any atom is 0.305 e. The number of allylic oxidation sites excluding steroid dienone is 1. The van der Waals surface area contributed by atoms with Gasteiger partial charge in [0.1, 0.15) is 5.78 Å². The van der Waals surface area contributed by atoms with Gasteiger partial charge < -0.3 is 14.6 Å². The normalized spacial score (nSPS) is 33.2. The number of ketones is 1. The van der Waals surface area contributed by atoms with Crippen LogP contribution in [0.4, 0.5) is 0 Å². The highest BCUT2D eigenvalue weighted by atomic mass is 16.5. The molecule has 0 amide bonds. The zero-order valence-corrected chi connectivity index (χ0v) is 13.9. The summed E-state index contributed by atoms with van der Waals surface area (Å²) in [6, 6.07) is 0. The topological polar surface area (TPSA) is 72.8 Å². The number of rotatable bonds is 7. The van der Waals surface area contributed by atoms with Gasteiger partial charge in [0, 0.05) is 19.3 Å². The summed E-state index contributed by atoms with van der Waals surface area (Å²) in [6.07, 6.45) is 6.93. The van der Waals surface area contributed by atoms with Crippen LogP contribution >= 0.6 is 0 Å². The number of hydrogen-bond acceptors (Lipinski definition) is 4. The SMILES string of the molecule is C=C[C@@H](C)C[C@@H]1CCC[C@H](C[C@@H]2CC(=O)C[C@H](CC(=O)O)O2)O1. The third-order valence-corrected chi connectivity index (χ3v) is 4.70. The van der Waals surface area contributed by atoms with Gasteiger partial charge in [-0.2, -0.15) is 0 Å². The molecule has 5 heteroatoms. The second-order valence-electron chi connectivity index (χ2n) is 6.92. The summed E-state index contributed by atoms with van der Waals surface area (Å²) in [5, 5.41) is 8.88. The van der Waals surface area contributed by atoms with Gasteiger partial charge in [0.25, 0.3) is 0 Å². The fourth-order valence-electron chi connectivity index (χ4n) is 3.55. The second-order valence-corrected chi connectivity index (χ2v) is 6.92. The van der Waals surface area contributed by atoms with Crippen molar-refractivity contribution < 1.29 is 24.2 Å². The van der Waals surface area contributed by atoms with Crippen LogP contribution < -0.4 is 0 Å². The Balaban J connectivity index is 1.83. The number of carboxylic acid groups (broad SMARTS) is 1.